The summed E-state index contributed by atoms with van der Waals surface area (Å²) in [4.78, 5) is 4.13. The Kier molecular flexibility index (Phi) is 3.97. The number of rotatable bonds is 5. The molecule has 2 nitrogen and oxygen atoms in total. The third-order valence-electron chi connectivity index (χ3n) is 3.41. The Labute approximate surface area is 103 Å². The lowest BCUT2D eigenvalue weighted by atomic mass is 9.93. The van der Waals surface area contributed by atoms with Crippen LogP contribution in [0.2, 0.25) is 0 Å². The number of imidazole rings is 1. The van der Waals surface area contributed by atoms with E-state index in [1.165, 1.54) is 5.56 Å². The van der Waals surface area contributed by atoms with E-state index in [0.29, 0.717) is 12.0 Å². The number of hydrogen-bond donors (Lipinski definition) is 0. The lowest BCUT2D eigenvalue weighted by Gasteiger charge is -2.21. The molecule has 2 rings (SSSR count). The van der Waals surface area contributed by atoms with E-state index in [2.05, 4.69) is 59.9 Å². The first-order chi connectivity index (χ1) is 8.31. The Morgan fingerprint density at radius 1 is 1.24 bits per heavy atom. The Bertz CT molecular complexity index is 419. The molecule has 0 bridgehead atoms. The third-order valence-corrected chi connectivity index (χ3v) is 3.41. The number of aromatic nitrogens is 2. The van der Waals surface area contributed by atoms with E-state index in [4.69, 9.17) is 0 Å². The molecule has 0 fully saturated rings. The minimum atomic E-state index is 0.549. The normalized spacial score (nSPS) is 14.5. The highest BCUT2D eigenvalue weighted by Gasteiger charge is 2.13. The lowest BCUT2D eigenvalue weighted by molar-refractivity contribution is 0.421. The molecule has 2 aromatic rings. The van der Waals surface area contributed by atoms with Crippen LogP contribution in [-0.2, 0) is 0 Å². The largest absolute Gasteiger partial charge is 0.334 e. The second-order valence-electron chi connectivity index (χ2n) is 4.62. The fraction of sp³-hybridized carbons (Fsp3) is 0.400. The van der Waals surface area contributed by atoms with Crippen LogP contribution in [0.5, 0.6) is 0 Å². The Morgan fingerprint density at radius 3 is 2.59 bits per heavy atom. The molecule has 0 amide bonds. The van der Waals surface area contributed by atoms with Gasteiger partial charge in [-0.2, -0.15) is 0 Å². The van der Waals surface area contributed by atoms with Gasteiger partial charge in [0.25, 0.3) is 0 Å². The summed E-state index contributed by atoms with van der Waals surface area (Å²) < 4.78 is 2.22. The van der Waals surface area contributed by atoms with E-state index in [0.717, 1.165) is 12.8 Å². The minimum absolute atomic E-state index is 0.549. The van der Waals surface area contributed by atoms with Crippen molar-refractivity contribution in [2.75, 3.05) is 0 Å². The monoisotopic (exact) mass is 228 g/mol. The summed E-state index contributed by atoms with van der Waals surface area (Å²) >= 11 is 0. The van der Waals surface area contributed by atoms with Crippen molar-refractivity contribution in [2.45, 2.75) is 38.6 Å². The molecule has 1 heterocycles. The van der Waals surface area contributed by atoms with Crippen molar-refractivity contribution in [3.05, 3.63) is 54.6 Å². The quantitative estimate of drug-likeness (QED) is 0.755. The van der Waals surface area contributed by atoms with Gasteiger partial charge in [0.05, 0.1) is 6.33 Å². The van der Waals surface area contributed by atoms with Crippen molar-refractivity contribution >= 4 is 0 Å². The van der Waals surface area contributed by atoms with Crippen LogP contribution in [0, 0.1) is 0 Å². The van der Waals surface area contributed by atoms with Crippen LogP contribution in [0.25, 0.3) is 0 Å². The minimum Gasteiger partial charge on any atom is -0.334 e. The molecular formula is C15H20N2. The van der Waals surface area contributed by atoms with Crippen molar-refractivity contribution in [1.29, 1.82) is 0 Å². The molecule has 1 aromatic heterocycles. The van der Waals surface area contributed by atoms with Crippen molar-refractivity contribution in [1.82, 2.24) is 9.55 Å². The van der Waals surface area contributed by atoms with Gasteiger partial charge in [0.2, 0.25) is 0 Å². The molecule has 0 aliphatic carbocycles. The van der Waals surface area contributed by atoms with Crippen molar-refractivity contribution in [3.8, 4) is 0 Å². The van der Waals surface area contributed by atoms with Crippen LogP contribution in [0.1, 0.15) is 44.2 Å². The average Bonchev–Trinajstić information content (AvgIpc) is 2.90. The molecule has 0 spiro atoms. The van der Waals surface area contributed by atoms with Crippen LogP contribution in [-0.4, -0.2) is 9.55 Å². The fourth-order valence-electron chi connectivity index (χ4n) is 2.31. The maximum Gasteiger partial charge on any atom is 0.0948 e. The van der Waals surface area contributed by atoms with Crippen LogP contribution >= 0.6 is 0 Å². The maximum absolute atomic E-state index is 4.13. The molecule has 17 heavy (non-hydrogen) atoms. The van der Waals surface area contributed by atoms with Crippen molar-refractivity contribution in [2.24, 2.45) is 0 Å². The van der Waals surface area contributed by atoms with Crippen LogP contribution < -0.4 is 0 Å². The predicted octanol–water partition coefficient (Wildman–Crippen LogP) is 4.03. The van der Waals surface area contributed by atoms with Crippen molar-refractivity contribution in [3.63, 3.8) is 0 Å². The molecule has 90 valence electrons. The van der Waals surface area contributed by atoms with Crippen molar-refractivity contribution < 1.29 is 0 Å². The Hall–Kier alpha value is -1.57. The molecule has 0 saturated carbocycles. The van der Waals surface area contributed by atoms with Crippen LogP contribution in [0.15, 0.2) is 49.1 Å². The van der Waals surface area contributed by atoms with Gasteiger partial charge in [0, 0.05) is 18.4 Å². The van der Waals surface area contributed by atoms with E-state index in [1.807, 2.05) is 12.5 Å². The molecule has 0 saturated heterocycles. The zero-order valence-electron chi connectivity index (χ0n) is 10.6. The fourth-order valence-corrected chi connectivity index (χ4v) is 2.31. The molecule has 0 aliphatic heterocycles. The summed E-state index contributed by atoms with van der Waals surface area (Å²) in [6.07, 6.45) is 8.15. The predicted molar refractivity (Wildman–Crippen MR) is 71.0 cm³/mol. The highest BCUT2D eigenvalue weighted by molar-refractivity contribution is 5.18. The van der Waals surface area contributed by atoms with Gasteiger partial charge in [-0.15, -0.1) is 0 Å². The van der Waals surface area contributed by atoms with Gasteiger partial charge in [-0.05, 0) is 24.3 Å². The molecule has 0 aliphatic rings. The van der Waals surface area contributed by atoms with Gasteiger partial charge in [0.15, 0.2) is 0 Å². The summed E-state index contributed by atoms with van der Waals surface area (Å²) in [5.41, 5.74) is 1.42. The number of nitrogens with zero attached hydrogens (tertiary/aromatic N) is 2. The number of hydrogen-bond acceptors (Lipinski definition) is 1. The van der Waals surface area contributed by atoms with Gasteiger partial charge in [-0.1, -0.05) is 44.2 Å². The SMILES string of the molecule is CCC(CC(C)c1ccccc1)n1ccnc1. The number of benzene rings is 1. The van der Waals surface area contributed by atoms with E-state index in [9.17, 15) is 0 Å². The first-order valence-corrected chi connectivity index (χ1v) is 6.33. The molecular weight excluding hydrogens is 208 g/mol. The standard InChI is InChI=1S/C15H20N2/c1-3-15(17-10-9-16-12-17)11-13(2)14-7-5-4-6-8-14/h4-10,12-13,15H,3,11H2,1-2H3. The topological polar surface area (TPSA) is 17.8 Å². The van der Waals surface area contributed by atoms with Crippen LogP contribution in [0.4, 0.5) is 0 Å². The molecule has 0 N–H and O–H groups in total. The highest BCUT2D eigenvalue weighted by atomic mass is 15.0. The van der Waals surface area contributed by atoms with Gasteiger partial charge >= 0.3 is 0 Å². The molecule has 1 aromatic carbocycles. The summed E-state index contributed by atoms with van der Waals surface area (Å²) in [5, 5.41) is 0. The Balaban J connectivity index is 2.05. The molecule has 2 unspecified atom stereocenters. The second-order valence-corrected chi connectivity index (χ2v) is 4.62. The summed E-state index contributed by atoms with van der Waals surface area (Å²) in [6.45, 7) is 4.54. The summed E-state index contributed by atoms with van der Waals surface area (Å²) in [7, 11) is 0. The van der Waals surface area contributed by atoms with E-state index < -0.39 is 0 Å². The smallest absolute Gasteiger partial charge is 0.0948 e. The summed E-state index contributed by atoms with van der Waals surface area (Å²) in [5.74, 6) is 0.587. The summed E-state index contributed by atoms with van der Waals surface area (Å²) in [6, 6.07) is 11.3. The second kappa shape index (κ2) is 5.67. The Morgan fingerprint density at radius 2 is 2.00 bits per heavy atom. The highest BCUT2D eigenvalue weighted by Crippen LogP contribution is 2.27. The third kappa shape index (κ3) is 2.96. The average molecular weight is 228 g/mol. The first kappa shape index (κ1) is 11.9. The van der Waals surface area contributed by atoms with E-state index in [1.54, 1.807) is 0 Å². The maximum atomic E-state index is 4.13. The van der Waals surface area contributed by atoms with E-state index >= 15 is 0 Å². The van der Waals surface area contributed by atoms with Gasteiger partial charge < -0.3 is 4.57 Å². The van der Waals surface area contributed by atoms with Gasteiger partial charge in [-0.25, -0.2) is 4.98 Å². The molecule has 2 atom stereocenters. The van der Waals surface area contributed by atoms with Gasteiger partial charge in [-0.3, -0.25) is 0 Å². The molecule has 2 heteroatoms. The molecule has 0 radical (unpaired) electrons. The zero-order valence-corrected chi connectivity index (χ0v) is 10.6. The first-order valence-electron chi connectivity index (χ1n) is 6.33. The zero-order chi connectivity index (χ0) is 12.1. The van der Waals surface area contributed by atoms with E-state index in [-0.39, 0.29) is 0 Å². The van der Waals surface area contributed by atoms with Crippen LogP contribution in [0.3, 0.4) is 0 Å². The van der Waals surface area contributed by atoms with Gasteiger partial charge in [0.1, 0.15) is 0 Å². The lowest BCUT2D eigenvalue weighted by Crippen LogP contribution is -2.09.